The summed E-state index contributed by atoms with van der Waals surface area (Å²) in [6.07, 6.45) is 0.892. The zero-order valence-corrected chi connectivity index (χ0v) is 11.1. The first-order valence-electron chi connectivity index (χ1n) is 6.35. The van der Waals surface area contributed by atoms with E-state index in [9.17, 15) is 4.79 Å². The summed E-state index contributed by atoms with van der Waals surface area (Å²) in [6, 6.07) is 16.1. The Labute approximate surface area is 113 Å². The van der Waals surface area contributed by atoms with E-state index in [2.05, 4.69) is 26.0 Å². The highest BCUT2D eigenvalue weighted by molar-refractivity contribution is 6.04. The van der Waals surface area contributed by atoms with Gasteiger partial charge in [0.25, 0.3) is 0 Å². The minimum atomic E-state index is 0.892. The number of fused-ring (bicyclic) bond motifs is 2. The molecular formula is C17H15NO. The van der Waals surface area contributed by atoms with E-state index in [1.165, 1.54) is 11.1 Å². The van der Waals surface area contributed by atoms with Crippen LogP contribution in [0.15, 0.2) is 48.5 Å². The van der Waals surface area contributed by atoms with E-state index < -0.39 is 0 Å². The van der Waals surface area contributed by atoms with E-state index in [1.54, 1.807) is 4.90 Å². The number of anilines is 2. The van der Waals surface area contributed by atoms with Crippen molar-refractivity contribution in [1.82, 2.24) is 0 Å². The maximum Gasteiger partial charge on any atom is 0.218 e. The summed E-state index contributed by atoms with van der Waals surface area (Å²) < 4.78 is 0. The van der Waals surface area contributed by atoms with Crippen LogP contribution in [0.5, 0.6) is 0 Å². The van der Waals surface area contributed by atoms with E-state index in [0.29, 0.717) is 0 Å². The number of carbonyl (C=O) groups excluding carboxylic acids is 1. The van der Waals surface area contributed by atoms with Crippen LogP contribution in [-0.4, -0.2) is 6.41 Å². The van der Waals surface area contributed by atoms with Crippen LogP contribution in [0.25, 0.3) is 11.1 Å². The molecule has 0 aromatic heterocycles. The van der Waals surface area contributed by atoms with Crippen LogP contribution in [-0.2, 0) is 4.79 Å². The standard InChI is InChI=1S/C17H15NO/c1-12-13(2)15-8-4-6-10-17(15)18(11-19)16-9-5-3-7-14(12)16/h3-11H,1-2H3. The molecule has 2 heteroatoms. The number of nitrogens with zero attached hydrogens (tertiary/aromatic N) is 1. The number of hydrogen-bond donors (Lipinski definition) is 0. The van der Waals surface area contributed by atoms with Crippen LogP contribution in [0, 0.1) is 0 Å². The van der Waals surface area contributed by atoms with Crippen molar-refractivity contribution < 1.29 is 4.79 Å². The summed E-state index contributed by atoms with van der Waals surface area (Å²) in [5, 5.41) is 0. The van der Waals surface area contributed by atoms with Crippen LogP contribution in [0.4, 0.5) is 11.4 Å². The van der Waals surface area contributed by atoms with Gasteiger partial charge in [-0.2, -0.15) is 0 Å². The molecule has 0 N–H and O–H groups in total. The molecule has 0 unspecified atom stereocenters. The molecule has 1 amide bonds. The third-order valence-corrected chi connectivity index (χ3v) is 3.80. The minimum absolute atomic E-state index is 0.892. The molecule has 0 bridgehead atoms. The molecule has 0 fully saturated rings. The van der Waals surface area contributed by atoms with E-state index >= 15 is 0 Å². The maximum absolute atomic E-state index is 11.6. The predicted octanol–water partition coefficient (Wildman–Crippen LogP) is 4.25. The molecule has 1 aliphatic heterocycles. The summed E-state index contributed by atoms with van der Waals surface area (Å²) in [5.41, 5.74) is 6.55. The Balaban J connectivity index is 2.41. The minimum Gasteiger partial charge on any atom is -0.282 e. The van der Waals surface area contributed by atoms with Gasteiger partial charge in [-0.1, -0.05) is 36.4 Å². The predicted molar refractivity (Wildman–Crippen MR) is 79.2 cm³/mol. The highest BCUT2D eigenvalue weighted by Gasteiger charge is 2.21. The summed E-state index contributed by atoms with van der Waals surface area (Å²) in [6.45, 7) is 4.22. The van der Waals surface area contributed by atoms with Crippen LogP contribution < -0.4 is 4.90 Å². The second kappa shape index (κ2) is 4.39. The van der Waals surface area contributed by atoms with Gasteiger partial charge in [0.05, 0.1) is 11.4 Å². The Kier molecular flexibility index (Phi) is 2.71. The zero-order valence-electron chi connectivity index (χ0n) is 11.1. The van der Waals surface area contributed by atoms with E-state index in [1.807, 2.05) is 36.4 Å². The van der Waals surface area contributed by atoms with Gasteiger partial charge in [0.15, 0.2) is 0 Å². The number of benzene rings is 2. The molecule has 2 nitrogen and oxygen atoms in total. The van der Waals surface area contributed by atoms with Gasteiger partial charge < -0.3 is 0 Å². The number of carbonyl (C=O) groups is 1. The van der Waals surface area contributed by atoms with E-state index in [4.69, 9.17) is 0 Å². The smallest absolute Gasteiger partial charge is 0.218 e. The SMILES string of the molecule is CC1=C(C)c2ccccc2N(C=O)c2ccccc21. The highest BCUT2D eigenvalue weighted by Crippen LogP contribution is 2.42. The Morgan fingerprint density at radius 3 is 1.63 bits per heavy atom. The van der Waals surface area contributed by atoms with Crippen molar-refractivity contribution in [3.8, 4) is 0 Å². The average Bonchev–Trinajstić information content (AvgIpc) is 2.55. The summed E-state index contributed by atoms with van der Waals surface area (Å²) in [7, 11) is 0. The first-order valence-corrected chi connectivity index (χ1v) is 6.35. The summed E-state index contributed by atoms with van der Waals surface area (Å²) in [4.78, 5) is 13.3. The van der Waals surface area contributed by atoms with Gasteiger partial charge in [0.2, 0.25) is 6.41 Å². The molecule has 1 aliphatic rings. The van der Waals surface area contributed by atoms with Crippen molar-refractivity contribution >= 4 is 28.9 Å². The molecule has 0 radical (unpaired) electrons. The Hall–Kier alpha value is -2.35. The quantitative estimate of drug-likeness (QED) is 0.692. The fraction of sp³-hybridized carbons (Fsp3) is 0.118. The second-order valence-electron chi connectivity index (χ2n) is 4.76. The van der Waals surface area contributed by atoms with Crippen LogP contribution in [0.3, 0.4) is 0 Å². The third kappa shape index (κ3) is 1.68. The largest absolute Gasteiger partial charge is 0.282 e. The molecule has 19 heavy (non-hydrogen) atoms. The normalized spacial score (nSPS) is 13.7. The fourth-order valence-electron chi connectivity index (χ4n) is 2.65. The number of para-hydroxylation sites is 2. The molecule has 0 atom stereocenters. The van der Waals surface area contributed by atoms with Crippen molar-refractivity contribution in [1.29, 1.82) is 0 Å². The van der Waals surface area contributed by atoms with Crippen molar-refractivity contribution in [3.05, 3.63) is 59.7 Å². The summed E-state index contributed by atoms with van der Waals surface area (Å²) in [5.74, 6) is 0. The number of amides is 1. The van der Waals surface area contributed by atoms with Crippen molar-refractivity contribution in [3.63, 3.8) is 0 Å². The molecule has 94 valence electrons. The number of allylic oxidation sites excluding steroid dienone is 2. The zero-order chi connectivity index (χ0) is 13.4. The molecule has 2 aromatic rings. The molecule has 2 aromatic carbocycles. The lowest BCUT2D eigenvalue weighted by Crippen LogP contribution is -2.15. The first kappa shape index (κ1) is 11.7. The average molecular weight is 249 g/mol. The van der Waals surface area contributed by atoms with Crippen molar-refractivity contribution in [2.24, 2.45) is 0 Å². The van der Waals surface area contributed by atoms with Gasteiger partial charge in [-0.3, -0.25) is 9.69 Å². The van der Waals surface area contributed by atoms with E-state index in [-0.39, 0.29) is 0 Å². The topological polar surface area (TPSA) is 20.3 Å². The van der Waals surface area contributed by atoms with Crippen LogP contribution in [0.1, 0.15) is 25.0 Å². The fourth-order valence-corrected chi connectivity index (χ4v) is 2.65. The van der Waals surface area contributed by atoms with Gasteiger partial charge in [-0.25, -0.2) is 0 Å². The van der Waals surface area contributed by atoms with Gasteiger partial charge in [-0.15, -0.1) is 0 Å². The molecule has 1 heterocycles. The first-order chi connectivity index (χ1) is 9.24. The lowest BCUT2D eigenvalue weighted by atomic mass is 9.97. The molecule has 0 aliphatic carbocycles. The molecule has 0 spiro atoms. The van der Waals surface area contributed by atoms with Crippen molar-refractivity contribution in [2.45, 2.75) is 13.8 Å². The maximum atomic E-state index is 11.6. The lowest BCUT2D eigenvalue weighted by molar-refractivity contribution is -0.106. The number of rotatable bonds is 1. The van der Waals surface area contributed by atoms with Gasteiger partial charge in [-0.05, 0) is 37.1 Å². The van der Waals surface area contributed by atoms with Crippen LogP contribution >= 0.6 is 0 Å². The van der Waals surface area contributed by atoms with Gasteiger partial charge in [0, 0.05) is 11.1 Å². The molecular weight excluding hydrogens is 234 g/mol. The highest BCUT2D eigenvalue weighted by atomic mass is 16.1. The number of hydrogen-bond acceptors (Lipinski definition) is 1. The van der Waals surface area contributed by atoms with Crippen LogP contribution in [0.2, 0.25) is 0 Å². The second-order valence-corrected chi connectivity index (χ2v) is 4.76. The Morgan fingerprint density at radius 1 is 0.789 bits per heavy atom. The Morgan fingerprint density at radius 2 is 1.21 bits per heavy atom. The molecule has 0 saturated carbocycles. The Bertz CT molecular complexity index is 630. The third-order valence-electron chi connectivity index (χ3n) is 3.80. The van der Waals surface area contributed by atoms with Crippen molar-refractivity contribution in [2.75, 3.05) is 4.90 Å². The molecule has 0 saturated heterocycles. The summed E-state index contributed by atoms with van der Waals surface area (Å²) >= 11 is 0. The molecule has 3 rings (SSSR count). The van der Waals surface area contributed by atoms with E-state index in [0.717, 1.165) is 28.9 Å². The van der Waals surface area contributed by atoms with Gasteiger partial charge in [0.1, 0.15) is 0 Å². The monoisotopic (exact) mass is 249 g/mol. The lowest BCUT2D eigenvalue weighted by Gasteiger charge is -2.20. The van der Waals surface area contributed by atoms with Gasteiger partial charge >= 0.3 is 0 Å².